The number of aliphatic hydroxyl groups is 2. The number of rotatable bonds is 12. The molecule has 71 heavy (non-hydrogen) atoms. The molecule has 21 heteroatoms. The minimum Gasteiger partial charge on any atom is -0.458 e. The fourth-order valence-corrected chi connectivity index (χ4v) is 11.4. The van der Waals surface area contributed by atoms with Gasteiger partial charge in [0.1, 0.15) is 23.5 Å². The van der Waals surface area contributed by atoms with Crippen molar-refractivity contribution < 1.29 is 67.2 Å². The number of halogens is 1. The molecule has 400 valence electrons. The number of ether oxygens (including phenoxy) is 9. The Morgan fingerprint density at radius 2 is 1.72 bits per heavy atom. The van der Waals surface area contributed by atoms with Gasteiger partial charge in [-0.2, -0.15) is 0 Å². The van der Waals surface area contributed by atoms with E-state index in [1.165, 1.54) is 7.11 Å². The second kappa shape index (κ2) is 23.2. The fraction of sp³-hybridized carbons (Fsp3) is 0.780. The number of nitrogens with one attached hydrogen (secondary N) is 1. The molecule has 1 aromatic carbocycles. The van der Waals surface area contributed by atoms with E-state index in [1.54, 1.807) is 51.6 Å². The van der Waals surface area contributed by atoms with Crippen molar-refractivity contribution in [3.63, 3.8) is 0 Å². The summed E-state index contributed by atoms with van der Waals surface area (Å²) in [5, 5.41) is 36.3. The SMILES string of the molecule is CC[C@@H]1OC(=O)[C@H](C)[C@H](O[C@H]2C[C@@](C)(OC)[C@@H](OC(=O)NCc3cn(Cc4ccccc4Cl)nn3)[C@H](C)O2)[C@H](C)[C@@H](O[C@@H]2O[C@H](C)C[C@H](N(C)C)[C@H]2O)[C@](C)(O)C[C@@H](C)CN(C)[C@H](C)[C@@H]2OC(=O)O[C@]12C. The summed E-state index contributed by atoms with van der Waals surface area (Å²) in [5.41, 5.74) is -2.79. The summed E-state index contributed by atoms with van der Waals surface area (Å²) in [6, 6.07) is 6.73. The predicted octanol–water partition coefficient (Wildman–Crippen LogP) is 5.31. The zero-order valence-corrected chi connectivity index (χ0v) is 44.7. The van der Waals surface area contributed by atoms with E-state index in [1.807, 2.05) is 83.8 Å². The van der Waals surface area contributed by atoms with E-state index in [-0.39, 0.29) is 43.9 Å². The molecular weight excluding hydrogens is 944 g/mol. The Hall–Kier alpha value is -3.70. The van der Waals surface area contributed by atoms with Crippen molar-refractivity contribution in [3.05, 3.63) is 46.7 Å². The van der Waals surface area contributed by atoms with E-state index in [9.17, 15) is 24.6 Å². The van der Waals surface area contributed by atoms with E-state index >= 15 is 0 Å². The average Bonchev–Trinajstić information content (AvgIpc) is 3.89. The van der Waals surface area contributed by atoms with Gasteiger partial charge in [0.2, 0.25) is 0 Å². The Morgan fingerprint density at radius 3 is 2.38 bits per heavy atom. The second-order valence-electron chi connectivity index (χ2n) is 21.3. The highest BCUT2D eigenvalue weighted by Gasteiger charge is 2.58. The Morgan fingerprint density at radius 1 is 1.01 bits per heavy atom. The molecule has 5 heterocycles. The summed E-state index contributed by atoms with van der Waals surface area (Å²) in [5.74, 6) is -2.72. The van der Waals surface area contributed by atoms with Crippen LogP contribution >= 0.6 is 11.6 Å². The van der Waals surface area contributed by atoms with Gasteiger partial charge in [-0.25, -0.2) is 14.3 Å². The quantitative estimate of drug-likeness (QED) is 0.181. The molecule has 6 rings (SSSR count). The highest BCUT2D eigenvalue weighted by Crippen LogP contribution is 2.42. The Labute approximate surface area is 423 Å². The van der Waals surface area contributed by atoms with Crippen molar-refractivity contribution in [2.45, 2.75) is 198 Å². The first-order valence-electron chi connectivity index (χ1n) is 24.9. The summed E-state index contributed by atoms with van der Waals surface area (Å²) in [7, 11) is 7.17. The minimum atomic E-state index is -1.62. The van der Waals surface area contributed by atoms with Crippen molar-refractivity contribution in [2.24, 2.45) is 17.8 Å². The molecule has 0 aliphatic carbocycles. The number of benzene rings is 1. The van der Waals surface area contributed by atoms with Crippen molar-refractivity contribution in [3.8, 4) is 0 Å². The molecular formula is C50H79ClN6O14. The van der Waals surface area contributed by atoms with Crippen LogP contribution in [-0.2, 0) is 60.5 Å². The first-order valence-corrected chi connectivity index (χ1v) is 25.3. The van der Waals surface area contributed by atoms with Crippen molar-refractivity contribution in [1.29, 1.82) is 0 Å². The number of fused-ring (bicyclic) bond motifs is 1. The molecule has 4 saturated heterocycles. The van der Waals surface area contributed by atoms with Crippen LogP contribution in [0.5, 0.6) is 0 Å². The third-order valence-corrected chi connectivity index (χ3v) is 15.5. The lowest BCUT2D eigenvalue weighted by Gasteiger charge is -2.49. The Kier molecular flexibility index (Phi) is 18.5. The zero-order valence-electron chi connectivity index (χ0n) is 43.9. The molecule has 0 spiro atoms. The van der Waals surface area contributed by atoms with E-state index in [0.29, 0.717) is 30.2 Å². The highest BCUT2D eigenvalue weighted by molar-refractivity contribution is 6.31. The van der Waals surface area contributed by atoms with Gasteiger partial charge in [0.05, 0.1) is 55.2 Å². The molecule has 4 aliphatic rings. The number of carbonyl (C=O) groups excluding carboxylic acids is 3. The number of amides is 1. The van der Waals surface area contributed by atoms with Gasteiger partial charge in [-0.1, -0.05) is 55.8 Å². The summed E-state index contributed by atoms with van der Waals surface area (Å²) >= 11 is 6.33. The number of methoxy groups -OCH3 is 1. The van der Waals surface area contributed by atoms with Crippen LogP contribution in [0.4, 0.5) is 9.59 Å². The average molecular weight is 1020 g/mol. The second-order valence-corrected chi connectivity index (χ2v) is 21.7. The molecule has 0 saturated carbocycles. The number of likely N-dealkylation sites (N-methyl/N-ethyl adjacent to an activating group) is 2. The topological polar surface area (TPSA) is 224 Å². The molecule has 2 aromatic rings. The summed E-state index contributed by atoms with van der Waals surface area (Å²) < 4.78 is 58.4. The summed E-state index contributed by atoms with van der Waals surface area (Å²) in [4.78, 5) is 45.1. The number of hydrogen-bond acceptors (Lipinski definition) is 18. The summed E-state index contributed by atoms with van der Waals surface area (Å²) in [6.07, 6.45) is -8.10. The lowest BCUT2D eigenvalue weighted by molar-refractivity contribution is -0.317. The third kappa shape index (κ3) is 13.0. The summed E-state index contributed by atoms with van der Waals surface area (Å²) in [6.45, 7) is 19.0. The maximum absolute atomic E-state index is 14.8. The number of cyclic esters (lactones) is 1. The van der Waals surface area contributed by atoms with Crippen molar-refractivity contribution in [2.75, 3.05) is 34.8 Å². The number of nitrogens with zero attached hydrogens (tertiary/aromatic N) is 5. The van der Waals surface area contributed by atoms with Crippen LogP contribution < -0.4 is 5.32 Å². The number of carbonyl (C=O) groups is 3. The smallest absolute Gasteiger partial charge is 0.458 e. The van der Waals surface area contributed by atoms with Gasteiger partial charge in [0.15, 0.2) is 30.4 Å². The van der Waals surface area contributed by atoms with Crippen LogP contribution in [0, 0.1) is 17.8 Å². The monoisotopic (exact) mass is 1020 g/mol. The molecule has 20 nitrogen and oxygen atoms in total. The minimum absolute atomic E-state index is 0.0274. The standard InChI is InChI=1S/C50H79ClN6O14/c1-15-37-50(10)42(70-47(61)71-50)31(6)56(13)24-27(2)21-48(8,62)41(68-45-39(58)36(55(11)12)20-28(3)64-45)29(4)40(30(5)44(59)66-37)67-38-22-49(9,63-14)43(32(7)65-38)69-46(60)52-23-34-26-57(54-53-34)25-33-18-16-17-19-35(33)51/h16-19,26-32,36-43,45,58,62H,15,20-25H2,1-14H3,(H,52,60)/t27-,28-,29+,30-,31-,32+,36+,37+,38+,39-,40-,41-,42+,43+,45+,48-,49-,50-/m1/s1. The molecule has 1 amide bonds. The maximum atomic E-state index is 14.8. The maximum Gasteiger partial charge on any atom is 0.509 e. The van der Waals surface area contributed by atoms with E-state index in [4.69, 9.17) is 54.2 Å². The molecule has 3 N–H and O–H groups in total. The number of alkyl carbamates (subject to hydrolysis) is 1. The van der Waals surface area contributed by atoms with E-state index in [0.717, 1.165) is 5.56 Å². The molecule has 0 bridgehead atoms. The number of esters is 1. The number of hydrogen-bond donors (Lipinski definition) is 3. The van der Waals surface area contributed by atoms with E-state index in [2.05, 4.69) is 15.6 Å². The highest BCUT2D eigenvalue weighted by atomic mass is 35.5. The number of aliphatic hydroxyl groups excluding tert-OH is 1. The first-order chi connectivity index (χ1) is 33.3. The molecule has 4 fully saturated rings. The lowest BCUT2D eigenvalue weighted by atomic mass is 9.77. The van der Waals surface area contributed by atoms with Crippen LogP contribution in [0.15, 0.2) is 30.5 Å². The largest absolute Gasteiger partial charge is 0.509 e. The Bertz CT molecular complexity index is 2120. The van der Waals surface area contributed by atoms with Crippen LogP contribution in [0.1, 0.15) is 106 Å². The lowest BCUT2D eigenvalue weighted by Crippen LogP contribution is -2.61. The van der Waals surface area contributed by atoms with Gasteiger partial charge in [-0.3, -0.25) is 9.69 Å². The van der Waals surface area contributed by atoms with Gasteiger partial charge in [0, 0.05) is 43.1 Å². The third-order valence-electron chi connectivity index (χ3n) is 15.2. The Balaban J connectivity index is 1.28. The molecule has 4 aliphatic heterocycles. The van der Waals surface area contributed by atoms with Crippen LogP contribution in [0.2, 0.25) is 5.02 Å². The molecule has 1 aromatic heterocycles. The fourth-order valence-electron chi connectivity index (χ4n) is 11.2. The normalized spacial score (nSPS) is 39.9. The van der Waals surface area contributed by atoms with Gasteiger partial charge >= 0.3 is 18.2 Å². The molecule has 0 unspecified atom stereocenters. The van der Waals surface area contributed by atoms with Gasteiger partial charge in [-0.15, -0.1) is 5.10 Å². The van der Waals surface area contributed by atoms with E-state index < -0.39 is 108 Å². The van der Waals surface area contributed by atoms with Gasteiger partial charge in [0.25, 0.3) is 0 Å². The van der Waals surface area contributed by atoms with Crippen LogP contribution in [0.3, 0.4) is 0 Å². The van der Waals surface area contributed by atoms with Crippen molar-refractivity contribution >= 4 is 29.8 Å². The zero-order chi connectivity index (χ0) is 52.3. The predicted molar refractivity (Wildman–Crippen MR) is 259 cm³/mol. The van der Waals surface area contributed by atoms with Crippen LogP contribution in [0.25, 0.3) is 0 Å². The molecule has 18 atom stereocenters. The van der Waals surface area contributed by atoms with Crippen LogP contribution in [-0.4, -0.2) is 178 Å². The number of aromatic nitrogens is 3. The molecule has 0 radical (unpaired) electrons. The van der Waals surface area contributed by atoms with Crippen molar-refractivity contribution in [1.82, 2.24) is 30.1 Å². The van der Waals surface area contributed by atoms with Gasteiger partial charge < -0.3 is 63.1 Å². The first kappa shape index (κ1) is 56.6. The van der Waals surface area contributed by atoms with Gasteiger partial charge in [-0.05, 0) is 106 Å².